The monoisotopic (exact) mass is 448 g/mol. The van der Waals surface area contributed by atoms with Crippen LogP contribution in [0.3, 0.4) is 0 Å². The SMILES string of the molecule is N=C(OC(=N)c1ccco1)c1ccnc(NC(=O)c2cc(Cl)ccc2OCC(F)F)c1. The normalized spacial score (nSPS) is 10.6. The fraction of sp³-hybridized carbons (Fsp3) is 0.100. The van der Waals surface area contributed by atoms with E-state index in [1.165, 1.54) is 48.9 Å². The van der Waals surface area contributed by atoms with Crippen LogP contribution in [0.2, 0.25) is 5.02 Å². The number of rotatable bonds is 7. The van der Waals surface area contributed by atoms with E-state index < -0.39 is 18.9 Å². The van der Waals surface area contributed by atoms with Crippen LogP contribution in [0.5, 0.6) is 5.75 Å². The molecule has 0 aliphatic rings. The van der Waals surface area contributed by atoms with Crippen molar-refractivity contribution in [2.24, 2.45) is 0 Å². The molecule has 0 aliphatic carbocycles. The highest BCUT2D eigenvalue weighted by Crippen LogP contribution is 2.24. The van der Waals surface area contributed by atoms with E-state index in [0.29, 0.717) is 0 Å². The number of alkyl halides is 2. The molecule has 160 valence electrons. The molecule has 0 fully saturated rings. The van der Waals surface area contributed by atoms with Crippen molar-refractivity contribution in [3.05, 3.63) is 76.8 Å². The predicted molar refractivity (Wildman–Crippen MR) is 109 cm³/mol. The summed E-state index contributed by atoms with van der Waals surface area (Å²) in [7, 11) is 0. The van der Waals surface area contributed by atoms with Crippen LogP contribution in [-0.4, -0.2) is 35.7 Å². The molecule has 31 heavy (non-hydrogen) atoms. The summed E-state index contributed by atoms with van der Waals surface area (Å²) in [6, 6.07) is 9.87. The van der Waals surface area contributed by atoms with E-state index in [0.717, 1.165) is 0 Å². The molecule has 2 heterocycles. The Morgan fingerprint density at radius 2 is 2.00 bits per heavy atom. The van der Waals surface area contributed by atoms with E-state index in [1.54, 1.807) is 6.07 Å². The Bertz CT molecular complexity index is 1110. The van der Waals surface area contributed by atoms with Crippen molar-refractivity contribution in [3.8, 4) is 5.75 Å². The molecule has 3 N–H and O–H groups in total. The van der Waals surface area contributed by atoms with Gasteiger partial charge in [-0.1, -0.05) is 11.6 Å². The van der Waals surface area contributed by atoms with Gasteiger partial charge >= 0.3 is 0 Å². The number of carbonyl (C=O) groups is 1. The number of aromatic nitrogens is 1. The number of pyridine rings is 1. The molecule has 0 spiro atoms. The third-order valence-corrected chi connectivity index (χ3v) is 4.00. The molecule has 0 aliphatic heterocycles. The lowest BCUT2D eigenvalue weighted by Crippen LogP contribution is -2.17. The van der Waals surface area contributed by atoms with Crippen molar-refractivity contribution in [1.82, 2.24) is 4.98 Å². The van der Waals surface area contributed by atoms with Gasteiger partial charge in [-0.25, -0.2) is 13.8 Å². The van der Waals surface area contributed by atoms with E-state index >= 15 is 0 Å². The smallest absolute Gasteiger partial charge is 0.272 e. The van der Waals surface area contributed by atoms with Crippen LogP contribution in [0.25, 0.3) is 0 Å². The van der Waals surface area contributed by atoms with Crippen LogP contribution >= 0.6 is 11.6 Å². The zero-order valence-electron chi connectivity index (χ0n) is 15.7. The summed E-state index contributed by atoms with van der Waals surface area (Å²) in [5.74, 6) is -1.31. The van der Waals surface area contributed by atoms with Gasteiger partial charge in [-0.3, -0.25) is 15.6 Å². The molecule has 0 atom stereocenters. The molecule has 0 saturated carbocycles. The van der Waals surface area contributed by atoms with Crippen LogP contribution in [0.1, 0.15) is 21.7 Å². The fourth-order valence-corrected chi connectivity index (χ4v) is 2.57. The van der Waals surface area contributed by atoms with Crippen LogP contribution < -0.4 is 10.1 Å². The predicted octanol–water partition coefficient (Wildman–Crippen LogP) is 4.59. The zero-order valence-corrected chi connectivity index (χ0v) is 16.5. The molecule has 0 saturated heterocycles. The molecule has 0 radical (unpaired) electrons. The largest absolute Gasteiger partial charge is 0.487 e. The van der Waals surface area contributed by atoms with Gasteiger partial charge in [0.1, 0.15) is 18.2 Å². The van der Waals surface area contributed by atoms with Crippen molar-refractivity contribution in [3.63, 3.8) is 0 Å². The van der Waals surface area contributed by atoms with Crippen LogP contribution in [0.4, 0.5) is 14.6 Å². The fourth-order valence-electron chi connectivity index (χ4n) is 2.40. The van der Waals surface area contributed by atoms with Crippen molar-refractivity contribution >= 4 is 35.1 Å². The minimum absolute atomic E-state index is 0.0557. The number of anilines is 1. The number of benzene rings is 1. The topological polar surface area (TPSA) is 121 Å². The van der Waals surface area contributed by atoms with Gasteiger partial charge < -0.3 is 19.2 Å². The van der Waals surface area contributed by atoms with E-state index in [4.69, 9.17) is 36.3 Å². The number of nitrogens with one attached hydrogen (secondary N) is 3. The Labute approximate surface area is 179 Å². The van der Waals surface area contributed by atoms with Crippen molar-refractivity contribution in [1.29, 1.82) is 10.8 Å². The Balaban J connectivity index is 1.73. The van der Waals surface area contributed by atoms with Crippen molar-refractivity contribution < 1.29 is 27.5 Å². The molecular weight excluding hydrogens is 434 g/mol. The molecule has 0 unspecified atom stereocenters. The van der Waals surface area contributed by atoms with Gasteiger partial charge in [0.2, 0.25) is 5.90 Å². The second-order valence-electron chi connectivity index (χ2n) is 5.96. The number of furan rings is 1. The standard InChI is InChI=1S/C20H15ClF2N4O4/c21-12-3-4-14(30-10-16(22)23)13(9-12)20(28)27-17-8-11(5-6-26-17)18(24)31-19(25)15-2-1-7-29-15/h1-9,16,24-25H,10H2,(H,26,27,28). The summed E-state index contributed by atoms with van der Waals surface area (Å²) in [4.78, 5) is 16.6. The number of amides is 1. The third kappa shape index (κ3) is 5.86. The molecule has 0 bridgehead atoms. The highest BCUT2D eigenvalue weighted by atomic mass is 35.5. The zero-order chi connectivity index (χ0) is 22.4. The first-order valence-corrected chi connectivity index (χ1v) is 9.08. The maximum absolute atomic E-state index is 12.6. The number of ether oxygens (including phenoxy) is 2. The molecule has 1 aromatic carbocycles. The maximum Gasteiger partial charge on any atom is 0.272 e. The van der Waals surface area contributed by atoms with Crippen molar-refractivity contribution in [2.75, 3.05) is 11.9 Å². The Morgan fingerprint density at radius 3 is 2.71 bits per heavy atom. The first-order valence-electron chi connectivity index (χ1n) is 8.70. The van der Waals surface area contributed by atoms with Crippen LogP contribution in [0.15, 0.2) is 59.3 Å². The summed E-state index contributed by atoms with van der Waals surface area (Å²) in [5, 5.41) is 18.5. The minimum Gasteiger partial charge on any atom is -0.487 e. The number of hydrogen-bond acceptors (Lipinski definition) is 7. The third-order valence-electron chi connectivity index (χ3n) is 3.76. The highest BCUT2D eigenvalue weighted by Gasteiger charge is 2.17. The second-order valence-corrected chi connectivity index (χ2v) is 6.40. The molecule has 2 aromatic heterocycles. The van der Waals surface area contributed by atoms with Crippen LogP contribution in [0, 0.1) is 10.8 Å². The summed E-state index contributed by atoms with van der Waals surface area (Å²) < 4.78 is 40.1. The van der Waals surface area contributed by atoms with Crippen molar-refractivity contribution in [2.45, 2.75) is 6.43 Å². The Morgan fingerprint density at radius 1 is 1.19 bits per heavy atom. The highest BCUT2D eigenvalue weighted by molar-refractivity contribution is 6.31. The Kier molecular flexibility index (Phi) is 6.93. The molecule has 3 rings (SSSR count). The average molecular weight is 449 g/mol. The first-order chi connectivity index (χ1) is 14.8. The van der Waals surface area contributed by atoms with Gasteiger partial charge in [-0.05, 0) is 42.5 Å². The van der Waals surface area contributed by atoms with Gasteiger partial charge in [0, 0.05) is 16.8 Å². The average Bonchev–Trinajstić information content (AvgIpc) is 3.28. The van der Waals surface area contributed by atoms with E-state index in [2.05, 4.69) is 10.3 Å². The molecule has 8 nitrogen and oxygen atoms in total. The Hall–Kier alpha value is -3.79. The molecule has 11 heteroatoms. The lowest BCUT2D eigenvalue weighted by Gasteiger charge is -2.12. The van der Waals surface area contributed by atoms with E-state index in [9.17, 15) is 13.6 Å². The van der Waals surface area contributed by atoms with E-state index in [-0.39, 0.29) is 45.3 Å². The first kappa shape index (κ1) is 21.9. The molecule has 3 aromatic rings. The number of nitrogens with zero attached hydrogens (tertiary/aromatic N) is 1. The summed E-state index contributed by atoms with van der Waals surface area (Å²) in [5.41, 5.74) is 0.160. The summed E-state index contributed by atoms with van der Waals surface area (Å²) >= 11 is 5.91. The van der Waals surface area contributed by atoms with Gasteiger partial charge in [0.05, 0.1) is 11.8 Å². The molecule has 1 amide bonds. The van der Waals surface area contributed by atoms with Gasteiger partial charge in [0.15, 0.2) is 5.76 Å². The summed E-state index contributed by atoms with van der Waals surface area (Å²) in [6.45, 7) is -0.883. The molecular formula is C20H15ClF2N4O4. The quantitative estimate of drug-likeness (QED) is 0.360. The second kappa shape index (κ2) is 9.81. The van der Waals surface area contributed by atoms with E-state index in [1.807, 2.05) is 0 Å². The number of hydrogen-bond donors (Lipinski definition) is 3. The van der Waals surface area contributed by atoms with Gasteiger partial charge in [-0.15, -0.1) is 0 Å². The number of halogens is 3. The minimum atomic E-state index is -2.71. The number of carbonyl (C=O) groups excluding carboxylic acids is 1. The summed E-state index contributed by atoms with van der Waals surface area (Å²) in [6.07, 6.45) is -0.0201. The van der Waals surface area contributed by atoms with Gasteiger partial charge in [-0.2, -0.15) is 0 Å². The lowest BCUT2D eigenvalue weighted by molar-refractivity contribution is 0.0803. The van der Waals surface area contributed by atoms with Crippen LogP contribution in [-0.2, 0) is 4.74 Å². The lowest BCUT2D eigenvalue weighted by atomic mass is 10.2. The maximum atomic E-state index is 12.6. The van der Waals surface area contributed by atoms with Gasteiger partial charge in [0.25, 0.3) is 18.2 Å².